The third kappa shape index (κ3) is 1.58. The molecule has 0 radical (unpaired) electrons. The zero-order valence-electron chi connectivity index (χ0n) is 11.1. The number of nitrogens with zero attached hydrogens (tertiary/aromatic N) is 2. The molecule has 1 aromatic carbocycles. The van der Waals surface area contributed by atoms with E-state index >= 15 is 0 Å². The fraction of sp³-hybridized carbons (Fsp3) is 0.312. The van der Waals surface area contributed by atoms with Crippen molar-refractivity contribution in [2.75, 3.05) is 6.54 Å². The third-order valence-corrected chi connectivity index (χ3v) is 4.29. The minimum absolute atomic E-state index is 0.524. The van der Waals surface area contributed by atoms with Gasteiger partial charge in [0.15, 0.2) is 0 Å². The molecule has 1 fully saturated rings. The number of nitrogens with one attached hydrogen (secondary N) is 1. The second-order valence-corrected chi connectivity index (χ2v) is 5.38. The summed E-state index contributed by atoms with van der Waals surface area (Å²) in [7, 11) is 2.12. The number of benzene rings is 1. The lowest BCUT2D eigenvalue weighted by Gasteiger charge is -2.10. The minimum atomic E-state index is 0.524. The molecule has 1 N–H and O–H groups in total. The summed E-state index contributed by atoms with van der Waals surface area (Å²) < 4.78 is 2.25. The van der Waals surface area contributed by atoms with E-state index in [1.54, 1.807) is 0 Å². The van der Waals surface area contributed by atoms with Crippen LogP contribution in [0.3, 0.4) is 0 Å². The summed E-state index contributed by atoms with van der Waals surface area (Å²) in [5.74, 6) is 0. The van der Waals surface area contributed by atoms with E-state index in [0.29, 0.717) is 6.04 Å². The number of fused-ring (bicyclic) bond motifs is 3. The molecule has 1 aliphatic heterocycles. The molecule has 0 saturated carbocycles. The first kappa shape index (κ1) is 11.0. The molecule has 3 nitrogen and oxygen atoms in total. The summed E-state index contributed by atoms with van der Waals surface area (Å²) in [5, 5.41) is 6.14. The highest BCUT2D eigenvalue weighted by Gasteiger charge is 2.17. The third-order valence-electron chi connectivity index (χ3n) is 4.29. The van der Waals surface area contributed by atoms with E-state index in [2.05, 4.69) is 46.2 Å². The highest BCUT2D eigenvalue weighted by molar-refractivity contribution is 6.07. The van der Waals surface area contributed by atoms with Crippen molar-refractivity contribution >= 4 is 21.8 Å². The molecule has 0 amide bonds. The second kappa shape index (κ2) is 4.07. The molecule has 3 heteroatoms. The summed E-state index contributed by atoms with van der Waals surface area (Å²) in [5.41, 5.74) is 3.94. The molecule has 19 heavy (non-hydrogen) atoms. The molecule has 1 saturated heterocycles. The van der Waals surface area contributed by atoms with Crippen LogP contribution in [-0.2, 0) is 7.05 Å². The van der Waals surface area contributed by atoms with Crippen LogP contribution in [0.4, 0.5) is 0 Å². The Kier molecular flexibility index (Phi) is 2.35. The summed E-state index contributed by atoms with van der Waals surface area (Å²) in [6, 6.07) is 9.45. The molecule has 1 aliphatic rings. The zero-order chi connectivity index (χ0) is 12.8. The summed E-state index contributed by atoms with van der Waals surface area (Å²) in [4.78, 5) is 4.27. The zero-order valence-corrected chi connectivity index (χ0v) is 11.1. The smallest absolute Gasteiger partial charge is 0.0519 e. The molecule has 0 spiro atoms. The van der Waals surface area contributed by atoms with Crippen molar-refractivity contribution in [3.05, 3.63) is 42.2 Å². The molecule has 2 aromatic heterocycles. The van der Waals surface area contributed by atoms with E-state index in [0.717, 1.165) is 6.54 Å². The summed E-state index contributed by atoms with van der Waals surface area (Å²) >= 11 is 0. The number of pyridine rings is 1. The monoisotopic (exact) mass is 251 g/mol. The lowest BCUT2D eigenvalue weighted by Crippen LogP contribution is -2.12. The SMILES string of the molecule is Cn1c2ccncc2c2cc(C3CCCN3)ccc21. The van der Waals surface area contributed by atoms with Gasteiger partial charge < -0.3 is 9.88 Å². The first-order valence-corrected chi connectivity index (χ1v) is 6.90. The fourth-order valence-electron chi connectivity index (χ4n) is 3.26. The molecule has 3 heterocycles. The number of hydrogen-bond donors (Lipinski definition) is 1. The maximum absolute atomic E-state index is 4.27. The maximum Gasteiger partial charge on any atom is 0.0519 e. The van der Waals surface area contributed by atoms with Gasteiger partial charge in [0.05, 0.1) is 5.52 Å². The molecule has 1 unspecified atom stereocenters. The van der Waals surface area contributed by atoms with Crippen molar-refractivity contribution in [1.29, 1.82) is 0 Å². The first-order valence-electron chi connectivity index (χ1n) is 6.90. The Bertz CT molecular complexity index is 751. The highest BCUT2D eigenvalue weighted by atomic mass is 14.9. The van der Waals surface area contributed by atoms with Gasteiger partial charge >= 0.3 is 0 Å². The van der Waals surface area contributed by atoms with Gasteiger partial charge in [-0.3, -0.25) is 4.98 Å². The Morgan fingerprint density at radius 1 is 1.21 bits per heavy atom. The van der Waals surface area contributed by atoms with Gasteiger partial charge in [0.2, 0.25) is 0 Å². The molecule has 1 atom stereocenters. The van der Waals surface area contributed by atoms with Gasteiger partial charge in [-0.15, -0.1) is 0 Å². The normalized spacial score (nSPS) is 19.5. The molecule has 0 bridgehead atoms. The van der Waals surface area contributed by atoms with Gasteiger partial charge in [-0.1, -0.05) is 6.07 Å². The molecular weight excluding hydrogens is 234 g/mol. The van der Waals surface area contributed by atoms with Crippen molar-refractivity contribution in [1.82, 2.24) is 14.9 Å². The van der Waals surface area contributed by atoms with E-state index < -0.39 is 0 Å². The number of rotatable bonds is 1. The Labute approximate surface area is 112 Å². The standard InChI is InChI=1S/C16H17N3/c1-19-15-5-4-11(14-3-2-7-18-14)9-12(15)13-10-17-8-6-16(13)19/h4-6,8-10,14,18H,2-3,7H2,1H3. The Balaban J connectivity index is 1.99. The highest BCUT2D eigenvalue weighted by Crippen LogP contribution is 2.31. The largest absolute Gasteiger partial charge is 0.344 e. The van der Waals surface area contributed by atoms with Gasteiger partial charge in [0, 0.05) is 41.8 Å². The lowest BCUT2D eigenvalue weighted by molar-refractivity contribution is 0.648. The number of aromatic nitrogens is 2. The number of hydrogen-bond acceptors (Lipinski definition) is 2. The Morgan fingerprint density at radius 2 is 2.11 bits per heavy atom. The van der Waals surface area contributed by atoms with E-state index in [1.807, 2.05) is 12.4 Å². The molecule has 0 aliphatic carbocycles. The summed E-state index contributed by atoms with van der Waals surface area (Å²) in [6.07, 6.45) is 6.36. The van der Waals surface area contributed by atoms with Crippen molar-refractivity contribution in [3.63, 3.8) is 0 Å². The van der Waals surface area contributed by atoms with Crippen LogP contribution < -0.4 is 5.32 Å². The topological polar surface area (TPSA) is 29.9 Å². The molecule has 96 valence electrons. The first-order chi connectivity index (χ1) is 9.34. The van der Waals surface area contributed by atoms with E-state index in [1.165, 1.54) is 40.2 Å². The fourth-order valence-corrected chi connectivity index (χ4v) is 3.26. The van der Waals surface area contributed by atoms with Crippen LogP contribution in [0.15, 0.2) is 36.7 Å². The Morgan fingerprint density at radius 3 is 2.95 bits per heavy atom. The van der Waals surface area contributed by atoms with Crippen LogP contribution in [0.2, 0.25) is 0 Å². The van der Waals surface area contributed by atoms with Gasteiger partial charge in [0.1, 0.15) is 0 Å². The van der Waals surface area contributed by atoms with Crippen molar-refractivity contribution in [2.45, 2.75) is 18.9 Å². The van der Waals surface area contributed by atoms with E-state index in [9.17, 15) is 0 Å². The summed E-state index contributed by atoms with van der Waals surface area (Å²) in [6.45, 7) is 1.14. The van der Waals surface area contributed by atoms with Crippen LogP contribution in [0, 0.1) is 0 Å². The van der Waals surface area contributed by atoms with E-state index in [4.69, 9.17) is 0 Å². The van der Waals surface area contributed by atoms with Crippen LogP contribution >= 0.6 is 0 Å². The average Bonchev–Trinajstić information content (AvgIpc) is 3.08. The van der Waals surface area contributed by atoms with Crippen LogP contribution in [-0.4, -0.2) is 16.1 Å². The van der Waals surface area contributed by atoms with Gasteiger partial charge in [-0.25, -0.2) is 0 Å². The molecule has 4 rings (SSSR count). The maximum atomic E-state index is 4.27. The van der Waals surface area contributed by atoms with Gasteiger partial charge in [-0.2, -0.15) is 0 Å². The van der Waals surface area contributed by atoms with Gasteiger partial charge in [0.25, 0.3) is 0 Å². The van der Waals surface area contributed by atoms with Gasteiger partial charge in [-0.05, 0) is 43.1 Å². The van der Waals surface area contributed by atoms with Crippen molar-refractivity contribution in [3.8, 4) is 0 Å². The molecular formula is C16H17N3. The quantitative estimate of drug-likeness (QED) is 0.720. The van der Waals surface area contributed by atoms with Crippen LogP contribution in [0.5, 0.6) is 0 Å². The predicted molar refractivity (Wildman–Crippen MR) is 78.2 cm³/mol. The minimum Gasteiger partial charge on any atom is -0.344 e. The molecule has 3 aromatic rings. The number of aryl methyl sites for hydroxylation is 1. The average molecular weight is 251 g/mol. The van der Waals surface area contributed by atoms with Crippen LogP contribution in [0.25, 0.3) is 21.8 Å². The van der Waals surface area contributed by atoms with Crippen molar-refractivity contribution < 1.29 is 0 Å². The van der Waals surface area contributed by atoms with Crippen molar-refractivity contribution in [2.24, 2.45) is 7.05 Å². The Hall–Kier alpha value is -1.87. The predicted octanol–water partition coefficient (Wildman–Crippen LogP) is 3.15. The second-order valence-electron chi connectivity index (χ2n) is 5.38. The van der Waals surface area contributed by atoms with E-state index in [-0.39, 0.29) is 0 Å². The lowest BCUT2D eigenvalue weighted by atomic mass is 10.0. The van der Waals surface area contributed by atoms with Crippen LogP contribution in [0.1, 0.15) is 24.4 Å².